The fourth-order valence-corrected chi connectivity index (χ4v) is 3.70. The topological polar surface area (TPSA) is 131 Å². The number of rotatable bonds is 4. The Bertz CT molecular complexity index is 1210. The lowest BCUT2D eigenvalue weighted by Crippen LogP contribution is -2.64. The van der Waals surface area contributed by atoms with Crippen LogP contribution in [-0.4, -0.2) is 39.7 Å². The fraction of sp³-hybridized carbons (Fsp3) is 0.190. The van der Waals surface area contributed by atoms with E-state index in [-0.39, 0.29) is 17.7 Å². The third-order valence-electron chi connectivity index (χ3n) is 5.17. The molecule has 1 fully saturated rings. The van der Waals surface area contributed by atoms with Crippen molar-refractivity contribution in [2.24, 2.45) is 5.11 Å². The third-order valence-corrected chi connectivity index (χ3v) is 5.17. The zero-order valence-electron chi connectivity index (χ0n) is 16.1. The zero-order chi connectivity index (χ0) is 21.3. The van der Waals surface area contributed by atoms with Gasteiger partial charge in [0.05, 0.1) is 5.69 Å². The number of benzene rings is 2. The van der Waals surface area contributed by atoms with E-state index in [1.807, 2.05) is 24.3 Å². The Morgan fingerprint density at radius 2 is 1.90 bits per heavy atom. The fourth-order valence-electron chi connectivity index (χ4n) is 3.70. The molecule has 0 radical (unpaired) electrons. The van der Waals surface area contributed by atoms with Crippen LogP contribution in [0.1, 0.15) is 22.8 Å². The summed E-state index contributed by atoms with van der Waals surface area (Å²) in [5.74, 6) is -1.60. The van der Waals surface area contributed by atoms with E-state index in [0.29, 0.717) is 0 Å². The second kappa shape index (κ2) is 7.73. The Balaban J connectivity index is 1.76. The predicted molar refractivity (Wildman–Crippen MR) is 110 cm³/mol. The average molecular weight is 402 g/mol. The van der Waals surface area contributed by atoms with Gasteiger partial charge in [-0.15, -0.1) is 0 Å². The first-order valence-corrected chi connectivity index (χ1v) is 9.38. The highest BCUT2D eigenvalue weighted by atomic mass is 16.2. The summed E-state index contributed by atoms with van der Waals surface area (Å²) in [5.41, 5.74) is 10.7. The first-order valence-electron chi connectivity index (χ1n) is 9.38. The number of piperazine rings is 1. The second-order valence-electron chi connectivity index (χ2n) is 7.03. The summed E-state index contributed by atoms with van der Waals surface area (Å²) >= 11 is 0. The van der Waals surface area contributed by atoms with Crippen molar-refractivity contribution in [1.29, 1.82) is 0 Å². The Morgan fingerprint density at radius 1 is 1.17 bits per heavy atom. The maximum atomic E-state index is 13.3. The number of hydrogen-bond acceptors (Lipinski definition) is 4. The Kier molecular flexibility index (Phi) is 4.95. The van der Waals surface area contributed by atoms with Crippen LogP contribution in [0, 0.1) is 0 Å². The van der Waals surface area contributed by atoms with Crippen molar-refractivity contribution in [3.63, 3.8) is 0 Å². The predicted octanol–water partition coefficient (Wildman–Crippen LogP) is 3.21. The maximum Gasteiger partial charge on any atom is 0.261 e. The van der Waals surface area contributed by atoms with Crippen LogP contribution >= 0.6 is 0 Å². The van der Waals surface area contributed by atoms with Crippen LogP contribution in [0.25, 0.3) is 21.3 Å². The monoisotopic (exact) mass is 402 g/mol. The molecule has 2 N–H and O–H groups in total. The molecule has 1 saturated heterocycles. The van der Waals surface area contributed by atoms with Crippen molar-refractivity contribution in [3.8, 4) is 0 Å². The molecule has 1 aliphatic heterocycles. The van der Waals surface area contributed by atoms with Crippen LogP contribution in [0.2, 0.25) is 0 Å². The number of nitrogens with one attached hydrogen (secondary N) is 2. The van der Waals surface area contributed by atoms with Gasteiger partial charge in [0.1, 0.15) is 12.1 Å². The van der Waals surface area contributed by atoms with E-state index in [1.54, 1.807) is 18.3 Å². The number of imide groups is 1. The van der Waals surface area contributed by atoms with Crippen molar-refractivity contribution in [3.05, 3.63) is 76.3 Å². The van der Waals surface area contributed by atoms with Gasteiger partial charge in [-0.3, -0.25) is 19.3 Å². The summed E-state index contributed by atoms with van der Waals surface area (Å²) < 4.78 is 0. The van der Waals surface area contributed by atoms with E-state index < -0.39 is 29.8 Å². The molecule has 9 nitrogen and oxygen atoms in total. The molecular weight excluding hydrogens is 384 g/mol. The third kappa shape index (κ3) is 3.27. The molecule has 3 aromatic rings. The number of aromatic amines is 1. The van der Waals surface area contributed by atoms with Crippen molar-refractivity contribution in [1.82, 2.24) is 15.2 Å². The minimum Gasteiger partial charge on any atom is -0.361 e. The van der Waals surface area contributed by atoms with Gasteiger partial charge in [0.2, 0.25) is 5.91 Å². The molecule has 2 atom stereocenters. The van der Waals surface area contributed by atoms with Crippen LogP contribution < -0.4 is 5.32 Å². The van der Waals surface area contributed by atoms with Gasteiger partial charge in [-0.2, -0.15) is 0 Å². The lowest BCUT2D eigenvalue weighted by molar-refractivity contribution is -0.145. The van der Waals surface area contributed by atoms with Crippen LogP contribution in [0.5, 0.6) is 0 Å². The van der Waals surface area contributed by atoms with Gasteiger partial charge in [-0.05, 0) is 30.2 Å². The average Bonchev–Trinajstić information content (AvgIpc) is 3.15. The number of para-hydroxylation sites is 1. The molecule has 0 unspecified atom stereocenters. The summed E-state index contributed by atoms with van der Waals surface area (Å²) in [5, 5.41) is 7.10. The summed E-state index contributed by atoms with van der Waals surface area (Å²) in [4.78, 5) is 46.0. The van der Waals surface area contributed by atoms with Crippen molar-refractivity contribution < 1.29 is 14.4 Å². The highest BCUT2D eigenvalue weighted by Gasteiger charge is 2.43. The van der Waals surface area contributed by atoms with Crippen LogP contribution in [0.4, 0.5) is 5.69 Å². The number of hydrogen-bond donors (Lipinski definition) is 2. The van der Waals surface area contributed by atoms with E-state index in [1.165, 1.54) is 19.1 Å². The molecule has 9 heteroatoms. The van der Waals surface area contributed by atoms with E-state index in [4.69, 9.17) is 5.53 Å². The number of H-pyrrole nitrogens is 1. The lowest BCUT2D eigenvalue weighted by Gasteiger charge is -2.36. The molecule has 2 aromatic carbocycles. The molecule has 150 valence electrons. The summed E-state index contributed by atoms with van der Waals surface area (Å²) in [6.45, 7) is 1.53. The van der Waals surface area contributed by atoms with E-state index in [2.05, 4.69) is 20.3 Å². The SMILES string of the molecule is C[C@@H]1NC(=O)[C@@H](Cc2c[nH]c3ccccc23)N(C(=O)c2ccccc2N=[N+]=[N-])C1=O. The van der Waals surface area contributed by atoms with E-state index >= 15 is 0 Å². The molecule has 1 aromatic heterocycles. The van der Waals surface area contributed by atoms with Crippen LogP contribution in [-0.2, 0) is 16.0 Å². The Morgan fingerprint density at radius 3 is 2.70 bits per heavy atom. The molecule has 0 spiro atoms. The normalized spacial score (nSPS) is 18.8. The van der Waals surface area contributed by atoms with E-state index in [9.17, 15) is 14.4 Å². The Hall–Kier alpha value is -4.10. The van der Waals surface area contributed by atoms with Crippen LogP contribution in [0.15, 0.2) is 59.8 Å². The summed E-state index contributed by atoms with van der Waals surface area (Å²) in [6, 6.07) is 11.9. The molecule has 0 bridgehead atoms. The van der Waals surface area contributed by atoms with Gasteiger partial charge in [0.15, 0.2) is 0 Å². The molecule has 2 heterocycles. The van der Waals surface area contributed by atoms with Crippen LogP contribution in [0.3, 0.4) is 0 Å². The van der Waals surface area contributed by atoms with Gasteiger partial charge < -0.3 is 10.3 Å². The van der Waals surface area contributed by atoms with Gasteiger partial charge in [-0.1, -0.05) is 41.5 Å². The summed E-state index contributed by atoms with van der Waals surface area (Å²) in [6.07, 6.45) is 1.93. The minimum absolute atomic E-state index is 0.0643. The molecule has 1 aliphatic rings. The second-order valence-corrected chi connectivity index (χ2v) is 7.03. The molecule has 4 rings (SSSR count). The van der Waals surface area contributed by atoms with Crippen molar-refractivity contribution in [2.45, 2.75) is 25.4 Å². The largest absolute Gasteiger partial charge is 0.361 e. The zero-order valence-corrected chi connectivity index (χ0v) is 16.1. The molecule has 3 amide bonds. The number of amides is 3. The van der Waals surface area contributed by atoms with Crippen molar-refractivity contribution in [2.75, 3.05) is 0 Å². The molecule has 30 heavy (non-hydrogen) atoms. The minimum atomic E-state index is -1.03. The Labute approximate surface area is 171 Å². The van der Waals surface area contributed by atoms with Crippen molar-refractivity contribution >= 4 is 34.3 Å². The standard InChI is InChI=1S/C21H18N6O3/c1-12-20(29)27(21(30)15-7-3-5-9-17(15)25-26-22)18(19(28)24-12)10-13-11-23-16-8-4-2-6-14(13)16/h2-9,11-12,18,23H,10H2,1H3,(H,24,28)/t12-,18+/m0/s1. The molecule has 0 saturated carbocycles. The highest BCUT2D eigenvalue weighted by Crippen LogP contribution is 2.26. The smallest absolute Gasteiger partial charge is 0.261 e. The number of azide groups is 1. The first-order chi connectivity index (χ1) is 14.5. The van der Waals surface area contributed by atoms with Gasteiger partial charge in [0, 0.05) is 34.0 Å². The molecular formula is C21H18N6O3. The molecule has 0 aliphatic carbocycles. The van der Waals surface area contributed by atoms with Gasteiger partial charge in [0.25, 0.3) is 11.8 Å². The summed E-state index contributed by atoms with van der Waals surface area (Å²) in [7, 11) is 0. The highest BCUT2D eigenvalue weighted by molar-refractivity contribution is 6.13. The number of fused-ring (bicyclic) bond motifs is 1. The lowest BCUT2D eigenvalue weighted by atomic mass is 9.98. The quantitative estimate of drug-likeness (QED) is 0.301. The van der Waals surface area contributed by atoms with E-state index in [0.717, 1.165) is 21.4 Å². The van der Waals surface area contributed by atoms with Gasteiger partial charge >= 0.3 is 0 Å². The number of carbonyl (C=O) groups excluding carboxylic acids is 3. The number of nitrogens with zero attached hydrogens (tertiary/aromatic N) is 4. The van der Waals surface area contributed by atoms with Gasteiger partial charge in [-0.25, -0.2) is 0 Å². The number of aromatic nitrogens is 1. The first kappa shape index (κ1) is 19.2. The number of carbonyl (C=O) groups is 3. The maximum absolute atomic E-state index is 13.3.